The molecule has 1 heterocycles. The Morgan fingerprint density at radius 3 is 2.52 bits per heavy atom. The van der Waals surface area contributed by atoms with Crippen LogP contribution in [0.3, 0.4) is 0 Å². The first kappa shape index (κ1) is 16.1. The van der Waals surface area contributed by atoms with Crippen LogP contribution < -0.4 is 10.1 Å². The molecule has 1 unspecified atom stereocenters. The Kier molecular flexibility index (Phi) is 5.43. The van der Waals surface area contributed by atoms with E-state index in [-0.39, 0.29) is 6.04 Å². The van der Waals surface area contributed by atoms with E-state index in [0.717, 1.165) is 18.7 Å². The van der Waals surface area contributed by atoms with Crippen LogP contribution in [0.2, 0.25) is 0 Å². The first-order valence-corrected chi connectivity index (χ1v) is 8.39. The standard InChI is InChI=1S/C18H25NOS/c1-6-14-8-9-16(21-14)18(19-7-2)17-13(4)10-12(3)11-15(17)20-5/h8-11,18-19H,6-7H2,1-5H3. The molecule has 0 saturated heterocycles. The summed E-state index contributed by atoms with van der Waals surface area (Å²) in [7, 11) is 1.76. The third kappa shape index (κ3) is 3.47. The maximum atomic E-state index is 5.65. The van der Waals surface area contributed by atoms with Crippen LogP contribution in [-0.4, -0.2) is 13.7 Å². The molecule has 0 saturated carbocycles. The van der Waals surface area contributed by atoms with Crippen LogP contribution in [0.5, 0.6) is 5.75 Å². The van der Waals surface area contributed by atoms with Crippen molar-refractivity contribution in [2.24, 2.45) is 0 Å². The molecule has 0 spiro atoms. The molecule has 1 aromatic heterocycles. The molecule has 0 aliphatic rings. The zero-order chi connectivity index (χ0) is 15.4. The molecule has 2 nitrogen and oxygen atoms in total. The van der Waals surface area contributed by atoms with Crippen LogP contribution in [0.15, 0.2) is 24.3 Å². The lowest BCUT2D eigenvalue weighted by Crippen LogP contribution is -2.22. The van der Waals surface area contributed by atoms with Gasteiger partial charge in [0.1, 0.15) is 5.75 Å². The Morgan fingerprint density at radius 1 is 1.19 bits per heavy atom. The lowest BCUT2D eigenvalue weighted by molar-refractivity contribution is 0.403. The second kappa shape index (κ2) is 7.10. The van der Waals surface area contributed by atoms with Crippen LogP contribution in [0.1, 0.15) is 46.3 Å². The fourth-order valence-corrected chi connectivity index (χ4v) is 3.81. The molecule has 2 rings (SSSR count). The highest BCUT2D eigenvalue weighted by Gasteiger charge is 2.21. The number of aryl methyl sites for hydroxylation is 3. The van der Waals surface area contributed by atoms with E-state index in [9.17, 15) is 0 Å². The topological polar surface area (TPSA) is 21.3 Å². The maximum absolute atomic E-state index is 5.65. The van der Waals surface area contributed by atoms with Crippen LogP contribution in [0.25, 0.3) is 0 Å². The number of hydrogen-bond acceptors (Lipinski definition) is 3. The van der Waals surface area contributed by atoms with Crippen molar-refractivity contribution in [3.63, 3.8) is 0 Å². The summed E-state index contributed by atoms with van der Waals surface area (Å²) in [6.07, 6.45) is 1.09. The van der Waals surface area contributed by atoms with Gasteiger partial charge in [-0.15, -0.1) is 11.3 Å². The molecule has 0 aliphatic heterocycles. The van der Waals surface area contributed by atoms with E-state index >= 15 is 0 Å². The van der Waals surface area contributed by atoms with Gasteiger partial charge < -0.3 is 10.1 Å². The summed E-state index contributed by atoms with van der Waals surface area (Å²) in [5.74, 6) is 0.977. The zero-order valence-electron chi connectivity index (χ0n) is 13.6. The van der Waals surface area contributed by atoms with E-state index in [2.05, 4.69) is 57.3 Å². The normalized spacial score (nSPS) is 12.4. The minimum Gasteiger partial charge on any atom is -0.496 e. The van der Waals surface area contributed by atoms with Gasteiger partial charge in [-0.2, -0.15) is 0 Å². The van der Waals surface area contributed by atoms with Crippen LogP contribution in [0.4, 0.5) is 0 Å². The molecule has 1 N–H and O–H groups in total. The molecule has 114 valence electrons. The lowest BCUT2D eigenvalue weighted by Gasteiger charge is -2.22. The van der Waals surface area contributed by atoms with Crippen LogP contribution in [-0.2, 0) is 6.42 Å². The Balaban J connectivity index is 2.52. The zero-order valence-corrected chi connectivity index (χ0v) is 14.4. The molecule has 1 aromatic carbocycles. The summed E-state index contributed by atoms with van der Waals surface area (Å²) in [5, 5.41) is 3.62. The Morgan fingerprint density at radius 2 is 1.95 bits per heavy atom. The second-order valence-electron chi connectivity index (χ2n) is 5.35. The number of ether oxygens (including phenoxy) is 1. The molecule has 1 atom stereocenters. The van der Waals surface area contributed by atoms with E-state index in [1.807, 2.05) is 11.3 Å². The largest absolute Gasteiger partial charge is 0.496 e. The van der Waals surface area contributed by atoms with Gasteiger partial charge in [-0.05, 0) is 56.1 Å². The molecule has 2 aromatic rings. The molecule has 0 aliphatic carbocycles. The third-order valence-corrected chi connectivity index (χ3v) is 5.02. The van der Waals surface area contributed by atoms with Crippen LogP contribution in [0, 0.1) is 13.8 Å². The quantitative estimate of drug-likeness (QED) is 0.839. The van der Waals surface area contributed by atoms with E-state index in [1.54, 1.807) is 7.11 Å². The van der Waals surface area contributed by atoms with Crippen molar-refractivity contribution in [3.8, 4) is 5.75 Å². The SMILES string of the molecule is CCNC(c1ccc(CC)s1)c1c(C)cc(C)cc1OC. The van der Waals surface area contributed by atoms with Crippen molar-refractivity contribution in [3.05, 3.63) is 50.7 Å². The summed E-state index contributed by atoms with van der Waals surface area (Å²) < 4.78 is 5.65. The van der Waals surface area contributed by atoms with Crippen molar-refractivity contribution in [1.29, 1.82) is 0 Å². The van der Waals surface area contributed by atoms with Gasteiger partial charge in [0.05, 0.1) is 13.2 Å². The van der Waals surface area contributed by atoms with Crippen molar-refractivity contribution in [1.82, 2.24) is 5.32 Å². The summed E-state index contributed by atoms with van der Waals surface area (Å²) in [6, 6.07) is 9.05. The van der Waals surface area contributed by atoms with Gasteiger partial charge in [0.2, 0.25) is 0 Å². The van der Waals surface area contributed by atoms with E-state index in [1.165, 1.54) is 26.4 Å². The molecular formula is C18H25NOS. The highest BCUT2D eigenvalue weighted by molar-refractivity contribution is 7.12. The molecule has 21 heavy (non-hydrogen) atoms. The van der Waals surface area contributed by atoms with Crippen molar-refractivity contribution < 1.29 is 4.74 Å². The molecule has 0 radical (unpaired) electrons. The Bertz CT molecular complexity index is 603. The average molecular weight is 303 g/mol. The monoisotopic (exact) mass is 303 g/mol. The Labute approximate surface area is 132 Å². The van der Waals surface area contributed by atoms with E-state index < -0.39 is 0 Å². The van der Waals surface area contributed by atoms with Gasteiger partial charge in [-0.3, -0.25) is 0 Å². The number of benzene rings is 1. The predicted molar refractivity (Wildman–Crippen MR) is 91.7 cm³/mol. The van der Waals surface area contributed by atoms with Gasteiger partial charge >= 0.3 is 0 Å². The van der Waals surface area contributed by atoms with E-state index in [0.29, 0.717) is 0 Å². The maximum Gasteiger partial charge on any atom is 0.124 e. The smallest absolute Gasteiger partial charge is 0.124 e. The number of thiophene rings is 1. The van der Waals surface area contributed by atoms with Crippen LogP contribution >= 0.6 is 11.3 Å². The van der Waals surface area contributed by atoms with E-state index in [4.69, 9.17) is 4.74 Å². The first-order valence-electron chi connectivity index (χ1n) is 7.57. The van der Waals surface area contributed by atoms with Crippen molar-refractivity contribution in [2.75, 3.05) is 13.7 Å². The molecule has 0 amide bonds. The summed E-state index contributed by atoms with van der Waals surface area (Å²) in [5.41, 5.74) is 3.78. The fourth-order valence-electron chi connectivity index (χ4n) is 2.77. The number of hydrogen-bond donors (Lipinski definition) is 1. The molecule has 0 fully saturated rings. The number of rotatable bonds is 6. The predicted octanol–water partition coefficient (Wildman–Crippen LogP) is 4.63. The van der Waals surface area contributed by atoms with Gasteiger partial charge in [0.15, 0.2) is 0 Å². The minimum atomic E-state index is 0.204. The minimum absolute atomic E-state index is 0.204. The lowest BCUT2D eigenvalue weighted by atomic mass is 9.96. The first-order chi connectivity index (χ1) is 10.1. The van der Waals surface area contributed by atoms with Gasteiger partial charge in [-0.25, -0.2) is 0 Å². The van der Waals surface area contributed by atoms with Crippen molar-refractivity contribution >= 4 is 11.3 Å². The van der Waals surface area contributed by atoms with Gasteiger partial charge in [0.25, 0.3) is 0 Å². The molecule has 0 bridgehead atoms. The summed E-state index contributed by atoms with van der Waals surface area (Å²) in [4.78, 5) is 2.79. The fraction of sp³-hybridized carbons (Fsp3) is 0.444. The summed E-state index contributed by atoms with van der Waals surface area (Å²) >= 11 is 1.89. The Hall–Kier alpha value is -1.32. The second-order valence-corrected chi connectivity index (χ2v) is 6.55. The molecule has 3 heteroatoms. The highest BCUT2D eigenvalue weighted by Crippen LogP contribution is 2.36. The average Bonchev–Trinajstić information content (AvgIpc) is 2.93. The molecular weight excluding hydrogens is 278 g/mol. The third-order valence-electron chi connectivity index (χ3n) is 3.73. The highest BCUT2D eigenvalue weighted by atomic mass is 32.1. The van der Waals surface area contributed by atoms with Crippen molar-refractivity contribution in [2.45, 2.75) is 40.2 Å². The van der Waals surface area contributed by atoms with Gasteiger partial charge in [-0.1, -0.05) is 19.9 Å². The number of methoxy groups -OCH3 is 1. The summed E-state index contributed by atoms with van der Waals surface area (Å²) in [6.45, 7) is 9.57. The van der Waals surface area contributed by atoms with Gasteiger partial charge in [0, 0.05) is 15.3 Å². The number of nitrogens with one attached hydrogen (secondary N) is 1.